The van der Waals surface area contributed by atoms with Crippen LogP contribution in [-0.2, 0) is 14.8 Å². The fourth-order valence-corrected chi connectivity index (χ4v) is 4.24. The number of nitrogens with one attached hydrogen (secondary N) is 1. The molecule has 0 atom stereocenters. The van der Waals surface area contributed by atoms with E-state index in [1.807, 2.05) is 0 Å². The maximum atomic E-state index is 13.5. The zero-order valence-corrected chi connectivity index (χ0v) is 14.6. The Morgan fingerprint density at radius 1 is 1.35 bits per heavy atom. The Kier molecular flexibility index (Phi) is 6.43. The van der Waals surface area contributed by atoms with Gasteiger partial charge in [0.1, 0.15) is 5.82 Å². The lowest BCUT2D eigenvalue weighted by Gasteiger charge is -2.32. The molecule has 0 aromatic heterocycles. The number of hydrogen-bond donors (Lipinski definition) is 1. The molecule has 1 fully saturated rings. The number of thioether (sulfide) groups is 1. The van der Waals surface area contributed by atoms with Gasteiger partial charge in [0.15, 0.2) is 0 Å². The second-order valence-electron chi connectivity index (χ2n) is 5.57. The van der Waals surface area contributed by atoms with Gasteiger partial charge in [-0.05, 0) is 25.0 Å². The molecular formula is C15H21FN2O3S2. The van der Waals surface area contributed by atoms with Crippen LogP contribution in [0.5, 0.6) is 0 Å². The first kappa shape index (κ1) is 18.2. The first-order valence-electron chi connectivity index (χ1n) is 7.47. The second-order valence-corrected chi connectivity index (χ2v) is 8.49. The monoisotopic (exact) mass is 360 g/mol. The summed E-state index contributed by atoms with van der Waals surface area (Å²) in [6, 6.07) is 6.42. The molecule has 1 heterocycles. The van der Waals surface area contributed by atoms with Gasteiger partial charge in [-0.1, -0.05) is 12.1 Å². The number of piperidine rings is 1. The predicted octanol–water partition coefficient (Wildman–Crippen LogP) is 1.85. The van der Waals surface area contributed by atoms with E-state index >= 15 is 0 Å². The lowest BCUT2D eigenvalue weighted by molar-refractivity contribution is -0.131. The highest BCUT2D eigenvalue weighted by molar-refractivity contribution is 7.99. The minimum absolute atomic E-state index is 0.0339. The molecule has 1 N–H and O–H groups in total. The van der Waals surface area contributed by atoms with Crippen molar-refractivity contribution in [3.05, 3.63) is 30.1 Å². The van der Waals surface area contributed by atoms with E-state index in [1.165, 1.54) is 17.8 Å². The van der Waals surface area contributed by atoms with Crippen molar-refractivity contribution in [3.63, 3.8) is 0 Å². The van der Waals surface area contributed by atoms with Crippen LogP contribution in [0.4, 0.5) is 4.39 Å². The summed E-state index contributed by atoms with van der Waals surface area (Å²) in [4.78, 5) is 14.4. The Morgan fingerprint density at radius 3 is 2.61 bits per heavy atom. The van der Waals surface area contributed by atoms with Crippen LogP contribution in [0.25, 0.3) is 0 Å². The van der Waals surface area contributed by atoms with Gasteiger partial charge in [0.25, 0.3) is 0 Å². The summed E-state index contributed by atoms with van der Waals surface area (Å²) in [7, 11) is -3.20. The summed E-state index contributed by atoms with van der Waals surface area (Å²) >= 11 is 1.33. The third-order valence-corrected chi connectivity index (χ3v) is 5.45. The van der Waals surface area contributed by atoms with Crippen LogP contribution >= 0.6 is 11.8 Å². The fraction of sp³-hybridized carbons (Fsp3) is 0.533. The van der Waals surface area contributed by atoms with E-state index in [-0.39, 0.29) is 17.8 Å². The molecule has 1 saturated heterocycles. The highest BCUT2D eigenvalue weighted by atomic mass is 32.2. The predicted molar refractivity (Wildman–Crippen MR) is 89.3 cm³/mol. The molecule has 23 heavy (non-hydrogen) atoms. The Labute approximate surface area is 140 Å². The molecule has 2 rings (SSSR count). The first-order chi connectivity index (χ1) is 10.8. The van der Waals surface area contributed by atoms with E-state index in [1.54, 1.807) is 23.1 Å². The first-order valence-corrected chi connectivity index (χ1v) is 10.4. The quantitative estimate of drug-likeness (QED) is 0.786. The number of halogens is 1. The van der Waals surface area contributed by atoms with Crippen LogP contribution < -0.4 is 4.72 Å². The summed E-state index contributed by atoms with van der Waals surface area (Å²) in [5.74, 6) is 0.297. The molecule has 128 valence electrons. The zero-order valence-electron chi connectivity index (χ0n) is 13.0. The Morgan fingerprint density at radius 2 is 2.00 bits per heavy atom. The number of benzene rings is 1. The van der Waals surface area contributed by atoms with E-state index in [9.17, 15) is 17.6 Å². The maximum Gasteiger partial charge on any atom is 0.223 e. The number of amides is 1. The molecule has 0 radical (unpaired) electrons. The molecule has 8 heteroatoms. The lowest BCUT2D eigenvalue weighted by atomic mass is 10.1. The standard InChI is InChI=1S/C15H21FN2O3S2/c1-23(20,21)17-12-6-9-18(10-7-12)15(19)8-11-22-14-5-3-2-4-13(14)16/h2-5,12,17H,6-11H2,1H3. The normalized spacial score (nSPS) is 16.5. The summed E-state index contributed by atoms with van der Waals surface area (Å²) in [6.07, 6.45) is 2.74. The molecule has 0 bridgehead atoms. The topological polar surface area (TPSA) is 66.5 Å². The van der Waals surface area contributed by atoms with Gasteiger partial charge in [-0.15, -0.1) is 11.8 Å². The van der Waals surface area contributed by atoms with Crippen molar-refractivity contribution in [2.45, 2.75) is 30.2 Å². The largest absolute Gasteiger partial charge is 0.343 e. The summed E-state index contributed by atoms with van der Waals surface area (Å²) in [5.41, 5.74) is 0. The van der Waals surface area contributed by atoms with Gasteiger partial charge in [0.05, 0.1) is 6.26 Å². The number of hydrogen-bond acceptors (Lipinski definition) is 4. The van der Waals surface area contributed by atoms with Crippen LogP contribution in [0.15, 0.2) is 29.2 Å². The Hall–Kier alpha value is -1.12. The molecule has 1 aromatic rings. The molecule has 5 nitrogen and oxygen atoms in total. The van der Waals surface area contributed by atoms with Crippen molar-refractivity contribution in [3.8, 4) is 0 Å². The number of sulfonamides is 1. The molecular weight excluding hydrogens is 339 g/mol. The molecule has 1 aliphatic heterocycles. The van der Waals surface area contributed by atoms with Crippen molar-refractivity contribution in [1.29, 1.82) is 0 Å². The molecule has 0 saturated carbocycles. The number of nitrogens with zero attached hydrogens (tertiary/aromatic N) is 1. The minimum atomic E-state index is -3.20. The summed E-state index contributed by atoms with van der Waals surface area (Å²) in [6.45, 7) is 1.10. The smallest absolute Gasteiger partial charge is 0.223 e. The molecule has 1 aliphatic rings. The Balaban J connectivity index is 1.72. The van der Waals surface area contributed by atoms with Crippen molar-refractivity contribution in [2.24, 2.45) is 0 Å². The van der Waals surface area contributed by atoms with Crippen LogP contribution in [0.1, 0.15) is 19.3 Å². The van der Waals surface area contributed by atoms with Gasteiger partial charge >= 0.3 is 0 Å². The summed E-state index contributed by atoms with van der Waals surface area (Å²) in [5, 5.41) is 0. The van der Waals surface area contributed by atoms with E-state index in [0.29, 0.717) is 43.0 Å². The minimum Gasteiger partial charge on any atom is -0.343 e. The average molecular weight is 360 g/mol. The van der Waals surface area contributed by atoms with Crippen molar-refractivity contribution >= 4 is 27.7 Å². The van der Waals surface area contributed by atoms with Crippen molar-refractivity contribution < 1.29 is 17.6 Å². The van der Waals surface area contributed by atoms with Crippen LogP contribution in [0, 0.1) is 5.82 Å². The molecule has 1 amide bonds. The Bertz CT molecular complexity index is 644. The number of carbonyl (C=O) groups is 1. The lowest BCUT2D eigenvalue weighted by Crippen LogP contribution is -2.46. The number of carbonyl (C=O) groups excluding carboxylic acids is 1. The van der Waals surface area contributed by atoms with Gasteiger partial charge in [-0.25, -0.2) is 17.5 Å². The highest BCUT2D eigenvalue weighted by Gasteiger charge is 2.24. The van der Waals surface area contributed by atoms with E-state index in [4.69, 9.17) is 0 Å². The average Bonchev–Trinajstić information content (AvgIpc) is 2.48. The molecule has 1 aromatic carbocycles. The second kappa shape index (κ2) is 8.12. The van der Waals surface area contributed by atoms with Gasteiger partial charge < -0.3 is 4.90 Å². The third-order valence-electron chi connectivity index (χ3n) is 3.64. The number of likely N-dealkylation sites (tertiary alicyclic amines) is 1. The van der Waals surface area contributed by atoms with Gasteiger partial charge in [0.2, 0.25) is 15.9 Å². The molecule has 0 unspecified atom stereocenters. The van der Waals surface area contributed by atoms with Crippen LogP contribution in [0.2, 0.25) is 0 Å². The number of rotatable bonds is 6. The molecule has 0 spiro atoms. The SMILES string of the molecule is CS(=O)(=O)NC1CCN(C(=O)CCSc2ccccc2F)CC1. The van der Waals surface area contributed by atoms with Gasteiger partial charge in [0, 0.05) is 36.2 Å². The maximum absolute atomic E-state index is 13.5. The highest BCUT2D eigenvalue weighted by Crippen LogP contribution is 2.22. The van der Waals surface area contributed by atoms with Crippen molar-refractivity contribution in [2.75, 3.05) is 25.1 Å². The zero-order chi connectivity index (χ0) is 16.9. The molecule has 0 aliphatic carbocycles. The van der Waals surface area contributed by atoms with Crippen LogP contribution in [0.3, 0.4) is 0 Å². The van der Waals surface area contributed by atoms with E-state index in [2.05, 4.69) is 4.72 Å². The van der Waals surface area contributed by atoms with Crippen LogP contribution in [-0.4, -0.2) is 50.4 Å². The van der Waals surface area contributed by atoms with Crippen molar-refractivity contribution in [1.82, 2.24) is 9.62 Å². The van der Waals surface area contributed by atoms with Gasteiger partial charge in [-0.2, -0.15) is 0 Å². The summed E-state index contributed by atoms with van der Waals surface area (Å²) < 4.78 is 38.4. The fourth-order valence-electron chi connectivity index (χ4n) is 2.52. The van der Waals surface area contributed by atoms with Gasteiger partial charge in [-0.3, -0.25) is 4.79 Å². The van der Waals surface area contributed by atoms with E-state index < -0.39 is 10.0 Å². The van der Waals surface area contributed by atoms with E-state index in [0.717, 1.165) is 6.26 Å². The third kappa shape index (κ3) is 6.12.